The lowest BCUT2D eigenvalue weighted by Crippen LogP contribution is -2.32. The van der Waals surface area contributed by atoms with Gasteiger partial charge in [0.15, 0.2) is 4.80 Å². The third-order valence-electron chi connectivity index (χ3n) is 4.93. The average molecular weight is 515 g/mol. The van der Waals surface area contributed by atoms with E-state index in [0.717, 1.165) is 23.1 Å². The Morgan fingerprint density at radius 1 is 1.00 bits per heavy atom. The van der Waals surface area contributed by atoms with Crippen LogP contribution in [-0.4, -0.2) is 36.3 Å². The Labute approximate surface area is 202 Å². The Bertz CT molecular complexity index is 1290. The molecule has 0 aliphatic heterocycles. The summed E-state index contributed by atoms with van der Waals surface area (Å²) in [7, 11) is -3.60. The van der Waals surface area contributed by atoms with Crippen molar-refractivity contribution in [3.63, 3.8) is 0 Å². The predicted octanol–water partition coefficient (Wildman–Crippen LogP) is 5.58. The molecule has 1 heterocycles. The number of aromatic nitrogens is 1. The van der Waals surface area contributed by atoms with Crippen LogP contribution in [0.2, 0.25) is 10.0 Å². The van der Waals surface area contributed by atoms with E-state index in [2.05, 4.69) is 4.99 Å². The molecular formula is C22H25Cl2N3O3S2. The van der Waals surface area contributed by atoms with E-state index in [1.165, 1.54) is 39.9 Å². The third-order valence-corrected chi connectivity index (χ3v) is 8.68. The van der Waals surface area contributed by atoms with Gasteiger partial charge >= 0.3 is 0 Å². The van der Waals surface area contributed by atoms with E-state index >= 15 is 0 Å². The highest BCUT2D eigenvalue weighted by molar-refractivity contribution is 7.89. The Morgan fingerprint density at radius 2 is 1.59 bits per heavy atom. The fourth-order valence-electron chi connectivity index (χ4n) is 3.41. The van der Waals surface area contributed by atoms with Crippen molar-refractivity contribution in [2.75, 3.05) is 13.1 Å². The molecule has 0 atom stereocenters. The first kappa shape index (κ1) is 24.9. The Morgan fingerprint density at radius 3 is 2.16 bits per heavy atom. The SMILES string of the molecule is CCCN(CCC)S(=O)(=O)c1ccc(C(=O)N=c2sc3c(Cl)ccc(Cl)c3n2CC)cc1. The summed E-state index contributed by atoms with van der Waals surface area (Å²) in [6.07, 6.45) is 1.46. The minimum atomic E-state index is -3.60. The van der Waals surface area contributed by atoms with Crippen LogP contribution in [0.25, 0.3) is 10.2 Å². The van der Waals surface area contributed by atoms with Crippen LogP contribution in [0.1, 0.15) is 44.0 Å². The predicted molar refractivity (Wildman–Crippen MR) is 131 cm³/mol. The van der Waals surface area contributed by atoms with Gasteiger partial charge in [0.2, 0.25) is 10.0 Å². The number of fused-ring (bicyclic) bond motifs is 1. The molecule has 32 heavy (non-hydrogen) atoms. The van der Waals surface area contributed by atoms with Crippen LogP contribution in [-0.2, 0) is 16.6 Å². The standard InChI is InChI=1S/C22H25Cl2N3O3S2/c1-4-13-26(14-5-2)32(29,30)16-9-7-15(8-10-16)21(28)25-22-27(6-3)19-17(23)11-12-18(24)20(19)31-22/h7-12H,4-6,13-14H2,1-3H3. The van der Waals surface area contributed by atoms with Gasteiger partial charge in [0, 0.05) is 25.2 Å². The minimum Gasteiger partial charge on any atom is -0.315 e. The molecule has 0 saturated heterocycles. The molecule has 0 N–H and O–H groups in total. The molecule has 3 aromatic rings. The van der Waals surface area contributed by atoms with Crippen LogP contribution >= 0.6 is 34.5 Å². The molecular weight excluding hydrogens is 489 g/mol. The summed E-state index contributed by atoms with van der Waals surface area (Å²) in [6, 6.07) is 9.35. The molecule has 3 rings (SSSR count). The fourth-order valence-corrected chi connectivity index (χ4v) is 6.74. The molecule has 0 unspecified atom stereocenters. The third kappa shape index (κ3) is 4.94. The topological polar surface area (TPSA) is 71.7 Å². The van der Waals surface area contributed by atoms with Crippen LogP contribution in [0, 0.1) is 0 Å². The van der Waals surface area contributed by atoms with Gasteiger partial charge in [-0.05, 0) is 56.2 Å². The fraction of sp³-hybridized carbons (Fsp3) is 0.364. The van der Waals surface area contributed by atoms with Crippen molar-refractivity contribution in [2.24, 2.45) is 4.99 Å². The Balaban J connectivity index is 1.97. The number of halogens is 2. The zero-order valence-electron chi connectivity index (χ0n) is 18.1. The van der Waals surface area contributed by atoms with Crippen molar-refractivity contribution in [2.45, 2.75) is 45.1 Å². The summed E-state index contributed by atoms with van der Waals surface area (Å²) in [5.74, 6) is -0.464. The largest absolute Gasteiger partial charge is 0.315 e. The minimum absolute atomic E-state index is 0.167. The van der Waals surface area contributed by atoms with Crippen LogP contribution < -0.4 is 4.80 Å². The number of rotatable bonds is 8. The number of benzene rings is 2. The van der Waals surface area contributed by atoms with E-state index < -0.39 is 15.9 Å². The number of amides is 1. The first-order chi connectivity index (χ1) is 15.2. The summed E-state index contributed by atoms with van der Waals surface area (Å²) in [4.78, 5) is 17.7. The number of thiazole rings is 1. The van der Waals surface area contributed by atoms with E-state index in [1.54, 1.807) is 12.1 Å². The second-order valence-electron chi connectivity index (χ2n) is 7.18. The maximum absolute atomic E-state index is 12.9. The normalized spacial score (nSPS) is 12.8. The van der Waals surface area contributed by atoms with Gasteiger partial charge in [-0.1, -0.05) is 48.4 Å². The average Bonchev–Trinajstić information content (AvgIpc) is 3.15. The highest BCUT2D eigenvalue weighted by Crippen LogP contribution is 2.31. The number of sulfonamides is 1. The molecule has 6 nitrogen and oxygen atoms in total. The molecule has 0 saturated carbocycles. The quantitative estimate of drug-likeness (QED) is 0.394. The van der Waals surface area contributed by atoms with Crippen molar-refractivity contribution >= 4 is 60.7 Å². The van der Waals surface area contributed by atoms with Crippen LogP contribution in [0.15, 0.2) is 46.3 Å². The van der Waals surface area contributed by atoms with Crippen molar-refractivity contribution in [1.82, 2.24) is 8.87 Å². The van der Waals surface area contributed by atoms with Gasteiger partial charge in [0.25, 0.3) is 5.91 Å². The van der Waals surface area contributed by atoms with Gasteiger partial charge in [-0.2, -0.15) is 9.30 Å². The summed E-state index contributed by atoms with van der Waals surface area (Å²) < 4.78 is 29.9. The van der Waals surface area contributed by atoms with Gasteiger partial charge < -0.3 is 4.57 Å². The van der Waals surface area contributed by atoms with E-state index in [4.69, 9.17) is 23.2 Å². The molecule has 0 fully saturated rings. The number of carbonyl (C=O) groups excluding carboxylic acids is 1. The van der Waals surface area contributed by atoms with E-state index in [-0.39, 0.29) is 4.90 Å². The summed E-state index contributed by atoms with van der Waals surface area (Å²) in [5, 5.41) is 1.08. The maximum atomic E-state index is 12.9. The zero-order chi connectivity index (χ0) is 23.5. The molecule has 2 aromatic carbocycles. The molecule has 10 heteroatoms. The van der Waals surface area contributed by atoms with E-state index in [1.807, 2.05) is 25.3 Å². The first-order valence-electron chi connectivity index (χ1n) is 10.4. The molecule has 0 bridgehead atoms. The van der Waals surface area contributed by atoms with Crippen molar-refractivity contribution < 1.29 is 13.2 Å². The Kier molecular flexibility index (Phi) is 8.16. The van der Waals surface area contributed by atoms with Gasteiger partial charge in [-0.15, -0.1) is 0 Å². The van der Waals surface area contributed by atoms with Crippen molar-refractivity contribution in [3.05, 3.63) is 56.8 Å². The number of hydrogen-bond acceptors (Lipinski definition) is 4. The van der Waals surface area contributed by atoms with Crippen LogP contribution in [0.4, 0.5) is 0 Å². The summed E-state index contributed by atoms with van der Waals surface area (Å²) in [5.41, 5.74) is 1.05. The zero-order valence-corrected chi connectivity index (χ0v) is 21.3. The lowest BCUT2D eigenvalue weighted by Gasteiger charge is -2.21. The van der Waals surface area contributed by atoms with Crippen molar-refractivity contribution in [1.29, 1.82) is 0 Å². The molecule has 0 spiro atoms. The van der Waals surface area contributed by atoms with Gasteiger partial charge in [0.05, 0.1) is 25.2 Å². The lowest BCUT2D eigenvalue weighted by atomic mass is 10.2. The highest BCUT2D eigenvalue weighted by Gasteiger charge is 2.23. The maximum Gasteiger partial charge on any atom is 0.279 e. The van der Waals surface area contributed by atoms with Crippen molar-refractivity contribution in [3.8, 4) is 0 Å². The monoisotopic (exact) mass is 513 g/mol. The second kappa shape index (κ2) is 10.5. The smallest absolute Gasteiger partial charge is 0.279 e. The number of nitrogens with zero attached hydrogens (tertiary/aromatic N) is 3. The van der Waals surface area contributed by atoms with Gasteiger partial charge in [-0.25, -0.2) is 8.42 Å². The number of carbonyl (C=O) groups is 1. The van der Waals surface area contributed by atoms with E-state index in [9.17, 15) is 13.2 Å². The Hall–Kier alpha value is -1.71. The molecule has 1 aromatic heterocycles. The summed E-state index contributed by atoms with van der Waals surface area (Å²) in [6.45, 7) is 7.30. The van der Waals surface area contributed by atoms with Gasteiger partial charge in [-0.3, -0.25) is 4.79 Å². The molecule has 0 aliphatic rings. The molecule has 1 amide bonds. The molecule has 172 valence electrons. The van der Waals surface area contributed by atoms with E-state index in [0.29, 0.717) is 40.0 Å². The molecule has 0 radical (unpaired) electrons. The number of hydrogen-bond donors (Lipinski definition) is 0. The first-order valence-corrected chi connectivity index (χ1v) is 13.4. The highest BCUT2D eigenvalue weighted by atomic mass is 35.5. The lowest BCUT2D eigenvalue weighted by molar-refractivity contribution is 0.0997. The summed E-state index contributed by atoms with van der Waals surface area (Å²) >= 11 is 13.9. The van der Waals surface area contributed by atoms with Crippen LogP contribution in [0.5, 0.6) is 0 Å². The molecule has 0 aliphatic carbocycles. The number of aryl methyl sites for hydroxylation is 1. The van der Waals surface area contributed by atoms with Crippen LogP contribution in [0.3, 0.4) is 0 Å². The second-order valence-corrected chi connectivity index (χ2v) is 10.9. The van der Waals surface area contributed by atoms with Gasteiger partial charge in [0.1, 0.15) is 0 Å².